The van der Waals surface area contributed by atoms with Gasteiger partial charge in [0, 0.05) is 25.1 Å². The fourth-order valence-corrected chi connectivity index (χ4v) is 3.67. The largest absolute Gasteiger partial charge is 0.493 e. The summed E-state index contributed by atoms with van der Waals surface area (Å²) >= 11 is 0. The molecule has 0 aliphatic carbocycles. The summed E-state index contributed by atoms with van der Waals surface area (Å²) in [6.45, 7) is 4.69. The van der Waals surface area contributed by atoms with Gasteiger partial charge in [-0.3, -0.25) is 14.4 Å². The molecule has 1 aromatic carbocycles. The van der Waals surface area contributed by atoms with Gasteiger partial charge in [-0.1, -0.05) is 24.8 Å². The van der Waals surface area contributed by atoms with Crippen molar-refractivity contribution in [3.63, 3.8) is 0 Å². The molecule has 2 atom stereocenters. The number of carbonyl (C=O) groups excluding carboxylic acids is 3. The zero-order valence-electron chi connectivity index (χ0n) is 14.6. The van der Waals surface area contributed by atoms with Crippen LogP contribution in [0.25, 0.3) is 0 Å². The summed E-state index contributed by atoms with van der Waals surface area (Å²) in [5.41, 5.74) is 4.98. The molecule has 0 aromatic heterocycles. The van der Waals surface area contributed by atoms with Crippen LogP contribution in [0.15, 0.2) is 36.9 Å². The van der Waals surface area contributed by atoms with Gasteiger partial charge in [0.15, 0.2) is 5.54 Å². The lowest BCUT2D eigenvalue weighted by atomic mass is 9.82. The minimum atomic E-state index is -1.29. The average Bonchev–Trinajstić information content (AvgIpc) is 2.67. The standard InChI is InChI=1S/C19H23N3O4/c1-2-16(23)22-10-5-6-13(12-22)17(24)21-19(18(20)25)9-11-26-15-8-4-3-7-14(15)19/h2-4,7-8,13H,1,5-6,9-12H2,(H2,20,25)(H,21,24). The summed E-state index contributed by atoms with van der Waals surface area (Å²) < 4.78 is 5.60. The number of ether oxygens (including phenoxy) is 1. The third-order valence-electron chi connectivity index (χ3n) is 5.12. The Hall–Kier alpha value is -2.83. The first-order chi connectivity index (χ1) is 12.5. The Balaban J connectivity index is 1.83. The normalized spacial score (nSPS) is 24.8. The van der Waals surface area contributed by atoms with E-state index in [4.69, 9.17) is 10.5 Å². The second kappa shape index (κ2) is 7.19. The van der Waals surface area contributed by atoms with Crippen LogP contribution in [0, 0.1) is 5.92 Å². The lowest BCUT2D eigenvalue weighted by molar-refractivity contribution is -0.138. The van der Waals surface area contributed by atoms with Crippen LogP contribution in [0.4, 0.5) is 0 Å². The van der Waals surface area contributed by atoms with E-state index in [1.165, 1.54) is 6.08 Å². The molecule has 2 aliphatic rings. The van der Waals surface area contributed by atoms with Crippen molar-refractivity contribution < 1.29 is 19.1 Å². The van der Waals surface area contributed by atoms with Gasteiger partial charge >= 0.3 is 0 Å². The van der Waals surface area contributed by atoms with Gasteiger partial charge in [0.25, 0.3) is 0 Å². The molecule has 2 heterocycles. The van der Waals surface area contributed by atoms with Gasteiger partial charge in [0.2, 0.25) is 17.7 Å². The number of nitrogens with zero attached hydrogens (tertiary/aromatic N) is 1. The SMILES string of the molecule is C=CC(=O)N1CCCC(C(=O)NC2(C(N)=O)CCOc3ccccc32)C1. The molecular formula is C19H23N3O4. The molecule has 0 bridgehead atoms. The predicted molar refractivity (Wildman–Crippen MR) is 95.1 cm³/mol. The smallest absolute Gasteiger partial charge is 0.248 e. The highest BCUT2D eigenvalue weighted by Crippen LogP contribution is 2.37. The van der Waals surface area contributed by atoms with Crippen molar-refractivity contribution in [1.29, 1.82) is 0 Å². The molecule has 1 saturated heterocycles. The van der Waals surface area contributed by atoms with Crippen LogP contribution < -0.4 is 15.8 Å². The van der Waals surface area contributed by atoms with Crippen molar-refractivity contribution in [3.8, 4) is 5.75 Å². The molecule has 1 fully saturated rings. The Morgan fingerprint density at radius 2 is 2.12 bits per heavy atom. The van der Waals surface area contributed by atoms with Crippen LogP contribution in [-0.2, 0) is 19.9 Å². The number of rotatable bonds is 4. The summed E-state index contributed by atoms with van der Waals surface area (Å²) in [6.07, 6.45) is 2.90. The van der Waals surface area contributed by atoms with E-state index >= 15 is 0 Å². The van der Waals surface area contributed by atoms with Crippen molar-refractivity contribution >= 4 is 17.7 Å². The topological polar surface area (TPSA) is 102 Å². The highest BCUT2D eigenvalue weighted by atomic mass is 16.5. The number of carbonyl (C=O) groups is 3. The number of fused-ring (bicyclic) bond motifs is 1. The summed E-state index contributed by atoms with van der Waals surface area (Å²) in [5, 5.41) is 2.88. The first-order valence-corrected chi connectivity index (χ1v) is 8.73. The highest BCUT2D eigenvalue weighted by molar-refractivity contribution is 5.93. The maximum Gasteiger partial charge on any atom is 0.248 e. The van der Waals surface area contributed by atoms with Crippen molar-refractivity contribution in [2.24, 2.45) is 11.7 Å². The van der Waals surface area contributed by atoms with Gasteiger partial charge < -0.3 is 20.7 Å². The monoisotopic (exact) mass is 357 g/mol. The number of nitrogens with one attached hydrogen (secondary N) is 1. The van der Waals surface area contributed by atoms with Crippen LogP contribution in [0.3, 0.4) is 0 Å². The van der Waals surface area contributed by atoms with E-state index < -0.39 is 11.4 Å². The number of likely N-dealkylation sites (tertiary alicyclic amines) is 1. The number of hydrogen-bond acceptors (Lipinski definition) is 4. The molecule has 138 valence electrons. The molecule has 0 saturated carbocycles. The lowest BCUT2D eigenvalue weighted by Gasteiger charge is -2.39. The lowest BCUT2D eigenvalue weighted by Crippen LogP contribution is -2.59. The second-order valence-electron chi connectivity index (χ2n) is 6.68. The molecule has 2 aliphatic heterocycles. The van der Waals surface area contributed by atoms with Gasteiger partial charge in [-0.05, 0) is 25.0 Å². The van der Waals surface area contributed by atoms with Gasteiger partial charge in [-0.2, -0.15) is 0 Å². The third-order valence-corrected chi connectivity index (χ3v) is 5.12. The number of piperidine rings is 1. The van der Waals surface area contributed by atoms with E-state index in [2.05, 4.69) is 11.9 Å². The maximum absolute atomic E-state index is 12.9. The predicted octanol–water partition coefficient (Wildman–Crippen LogP) is 0.691. The quantitative estimate of drug-likeness (QED) is 0.774. The van der Waals surface area contributed by atoms with E-state index in [1.54, 1.807) is 29.2 Å². The van der Waals surface area contributed by atoms with E-state index in [0.717, 1.165) is 6.42 Å². The molecule has 1 aromatic rings. The Kier molecular flexibility index (Phi) is 4.97. The number of para-hydroxylation sites is 1. The van der Waals surface area contributed by atoms with E-state index in [-0.39, 0.29) is 30.8 Å². The van der Waals surface area contributed by atoms with Crippen molar-refractivity contribution in [1.82, 2.24) is 10.2 Å². The average molecular weight is 357 g/mol. The number of amides is 3. The van der Waals surface area contributed by atoms with Crippen LogP contribution in [0.2, 0.25) is 0 Å². The molecule has 3 N–H and O–H groups in total. The molecule has 3 amide bonds. The zero-order chi connectivity index (χ0) is 18.7. The van der Waals surface area contributed by atoms with Crippen molar-refractivity contribution in [2.75, 3.05) is 19.7 Å². The number of benzene rings is 1. The summed E-state index contributed by atoms with van der Waals surface area (Å²) in [6, 6.07) is 7.08. The molecule has 3 rings (SSSR count). The first kappa shape index (κ1) is 18.0. The van der Waals surface area contributed by atoms with Gasteiger partial charge in [-0.15, -0.1) is 0 Å². The van der Waals surface area contributed by atoms with E-state index in [1.807, 2.05) is 0 Å². The zero-order valence-corrected chi connectivity index (χ0v) is 14.6. The Labute approximate surface area is 152 Å². The highest BCUT2D eigenvalue weighted by Gasteiger charge is 2.45. The summed E-state index contributed by atoms with van der Waals surface area (Å²) in [7, 11) is 0. The molecular weight excluding hydrogens is 334 g/mol. The van der Waals surface area contributed by atoms with Gasteiger partial charge in [0.1, 0.15) is 5.75 Å². The molecule has 2 unspecified atom stereocenters. The molecule has 0 radical (unpaired) electrons. The number of primary amides is 1. The molecule has 26 heavy (non-hydrogen) atoms. The minimum Gasteiger partial charge on any atom is -0.493 e. The second-order valence-corrected chi connectivity index (χ2v) is 6.68. The fraction of sp³-hybridized carbons (Fsp3) is 0.421. The minimum absolute atomic E-state index is 0.191. The maximum atomic E-state index is 12.9. The number of nitrogens with two attached hydrogens (primary N) is 1. The van der Waals surface area contributed by atoms with Gasteiger partial charge in [-0.25, -0.2) is 0 Å². The molecule has 7 nitrogen and oxygen atoms in total. The van der Waals surface area contributed by atoms with Crippen molar-refractivity contribution in [3.05, 3.63) is 42.5 Å². The molecule has 7 heteroatoms. The van der Waals surface area contributed by atoms with Crippen LogP contribution >= 0.6 is 0 Å². The van der Waals surface area contributed by atoms with Crippen LogP contribution in [0.5, 0.6) is 5.75 Å². The van der Waals surface area contributed by atoms with Crippen molar-refractivity contribution in [2.45, 2.75) is 24.8 Å². The Morgan fingerprint density at radius 3 is 2.85 bits per heavy atom. The fourth-order valence-electron chi connectivity index (χ4n) is 3.67. The third kappa shape index (κ3) is 3.16. The van der Waals surface area contributed by atoms with Crippen LogP contribution in [-0.4, -0.2) is 42.3 Å². The van der Waals surface area contributed by atoms with Crippen LogP contribution in [0.1, 0.15) is 24.8 Å². The Bertz CT molecular complexity index is 748. The van der Waals surface area contributed by atoms with E-state index in [9.17, 15) is 14.4 Å². The Morgan fingerprint density at radius 1 is 1.35 bits per heavy atom. The number of hydrogen-bond donors (Lipinski definition) is 2. The first-order valence-electron chi connectivity index (χ1n) is 8.73. The summed E-state index contributed by atoms with van der Waals surface area (Å²) in [5.74, 6) is -0.925. The molecule has 0 spiro atoms. The van der Waals surface area contributed by atoms with Gasteiger partial charge in [0.05, 0.1) is 12.5 Å². The summed E-state index contributed by atoms with van der Waals surface area (Å²) in [4.78, 5) is 38.7. The van der Waals surface area contributed by atoms with E-state index in [0.29, 0.717) is 30.8 Å².